The van der Waals surface area contributed by atoms with Gasteiger partial charge in [0, 0.05) is 18.3 Å². The number of methoxy groups -OCH3 is 1. The molecule has 1 heterocycles. The second kappa shape index (κ2) is 10.8. The molecule has 0 unspecified atom stereocenters. The predicted molar refractivity (Wildman–Crippen MR) is 120 cm³/mol. The Morgan fingerprint density at radius 2 is 1.97 bits per heavy atom. The van der Waals surface area contributed by atoms with Crippen molar-refractivity contribution >= 4 is 35.4 Å². The van der Waals surface area contributed by atoms with Gasteiger partial charge in [0.2, 0.25) is 11.8 Å². The van der Waals surface area contributed by atoms with E-state index in [4.69, 9.17) is 33.3 Å². The smallest absolute Gasteiger partial charge is 0.226 e. The van der Waals surface area contributed by atoms with Gasteiger partial charge in [0.15, 0.2) is 0 Å². The normalized spacial score (nSPS) is 14.2. The molecule has 1 aliphatic rings. The highest BCUT2D eigenvalue weighted by Gasteiger charge is 2.16. The number of nitrogens with one attached hydrogen (secondary N) is 2. The zero-order valence-corrected chi connectivity index (χ0v) is 18.3. The fourth-order valence-electron chi connectivity index (χ4n) is 3.95. The number of anilines is 1. The largest absolute Gasteiger partial charge is 0.481 e. The number of hydrogen-bond acceptors (Lipinski definition) is 5. The molecule has 0 amide bonds. The first-order valence-electron chi connectivity index (χ1n) is 10.2. The molecular formula is C22H28Cl2N4O. The van der Waals surface area contributed by atoms with Crippen LogP contribution in [0.5, 0.6) is 5.88 Å². The van der Waals surface area contributed by atoms with E-state index >= 15 is 0 Å². The molecule has 0 saturated heterocycles. The van der Waals surface area contributed by atoms with Crippen LogP contribution in [0.4, 0.5) is 5.95 Å². The molecule has 2 aromatic rings. The topological polar surface area (TPSA) is 70.9 Å². The highest BCUT2D eigenvalue weighted by atomic mass is 35.5. The van der Waals surface area contributed by atoms with Gasteiger partial charge in [-0.1, -0.05) is 67.8 Å². The van der Waals surface area contributed by atoms with Gasteiger partial charge in [0.05, 0.1) is 22.8 Å². The first kappa shape index (κ1) is 21.8. The van der Waals surface area contributed by atoms with Crippen molar-refractivity contribution < 1.29 is 4.74 Å². The summed E-state index contributed by atoms with van der Waals surface area (Å²) in [4.78, 5) is 9.01. The van der Waals surface area contributed by atoms with E-state index in [1.807, 2.05) is 12.1 Å². The van der Waals surface area contributed by atoms with Crippen molar-refractivity contribution in [3.8, 4) is 5.88 Å². The summed E-state index contributed by atoms with van der Waals surface area (Å²) in [6.45, 7) is 0.498. The third-order valence-corrected chi connectivity index (χ3v) is 6.27. The molecule has 7 heteroatoms. The molecule has 5 nitrogen and oxygen atoms in total. The Bertz CT molecular complexity index is 838. The minimum Gasteiger partial charge on any atom is -0.481 e. The molecule has 0 bridgehead atoms. The number of hydrogen-bond donors (Lipinski definition) is 2. The van der Waals surface area contributed by atoms with E-state index in [1.54, 1.807) is 13.2 Å². The van der Waals surface area contributed by atoms with Crippen molar-refractivity contribution in [2.45, 2.75) is 57.9 Å². The molecule has 0 atom stereocenters. The molecule has 156 valence electrons. The van der Waals surface area contributed by atoms with E-state index in [9.17, 15) is 0 Å². The van der Waals surface area contributed by atoms with Crippen LogP contribution in [-0.2, 0) is 13.0 Å². The minimum atomic E-state index is 0.432. The standard InChI is InChI=1S/C22H28Cl2N4O/c1-29-21-17(9-5-4-8-15-6-2-3-7-15)20(13-25)27-22(28-21)26-14-16-10-11-18(23)19(24)12-16/h10-13,15,25H,2-9,14H2,1H3,(H,26,27,28). The van der Waals surface area contributed by atoms with Gasteiger partial charge >= 0.3 is 0 Å². The van der Waals surface area contributed by atoms with E-state index in [0.717, 1.165) is 29.9 Å². The second-order valence-corrected chi connectivity index (χ2v) is 8.38. The first-order valence-corrected chi connectivity index (χ1v) is 11.0. The lowest BCUT2D eigenvalue weighted by atomic mass is 9.98. The average Bonchev–Trinajstić information content (AvgIpc) is 3.25. The van der Waals surface area contributed by atoms with Gasteiger partial charge < -0.3 is 15.5 Å². The molecular weight excluding hydrogens is 407 g/mol. The van der Waals surface area contributed by atoms with Crippen LogP contribution in [0.3, 0.4) is 0 Å². The van der Waals surface area contributed by atoms with Crippen molar-refractivity contribution in [3.05, 3.63) is 45.1 Å². The number of aromatic nitrogens is 2. The third-order valence-electron chi connectivity index (χ3n) is 5.53. The Hall–Kier alpha value is -1.85. The van der Waals surface area contributed by atoms with E-state index < -0.39 is 0 Å². The van der Waals surface area contributed by atoms with Crippen LogP contribution in [0.15, 0.2) is 18.2 Å². The van der Waals surface area contributed by atoms with Crippen molar-refractivity contribution in [1.29, 1.82) is 5.41 Å². The van der Waals surface area contributed by atoms with Gasteiger partial charge in [0.1, 0.15) is 0 Å². The molecule has 1 aromatic carbocycles. The molecule has 2 N–H and O–H groups in total. The summed E-state index contributed by atoms with van der Waals surface area (Å²) in [5, 5.41) is 12.0. The lowest BCUT2D eigenvalue weighted by molar-refractivity contribution is 0.390. The molecule has 1 aliphatic carbocycles. The lowest BCUT2D eigenvalue weighted by Crippen LogP contribution is -2.10. The van der Waals surface area contributed by atoms with Crippen molar-refractivity contribution in [1.82, 2.24) is 9.97 Å². The summed E-state index contributed by atoms with van der Waals surface area (Å²) < 4.78 is 5.51. The van der Waals surface area contributed by atoms with Gasteiger partial charge in [0.25, 0.3) is 0 Å². The highest BCUT2D eigenvalue weighted by molar-refractivity contribution is 6.42. The van der Waals surface area contributed by atoms with Gasteiger partial charge in [-0.15, -0.1) is 0 Å². The SMILES string of the molecule is COc1nc(NCc2ccc(Cl)c(Cl)c2)nc(C=N)c1CCCCC1CCCC1. The van der Waals surface area contributed by atoms with E-state index in [-0.39, 0.29) is 0 Å². The fourth-order valence-corrected chi connectivity index (χ4v) is 4.27. The summed E-state index contributed by atoms with van der Waals surface area (Å²) in [5.41, 5.74) is 2.48. The first-order chi connectivity index (χ1) is 14.1. The zero-order chi connectivity index (χ0) is 20.6. The predicted octanol–water partition coefficient (Wildman–Crippen LogP) is 6.30. The maximum absolute atomic E-state index is 7.79. The molecule has 3 rings (SSSR count). The number of nitrogens with zero attached hydrogens (tertiary/aromatic N) is 2. The molecule has 1 aromatic heterocycles. The Labute approximate surface area is 182 Å². The van der Waals surface area contributed by atoms with Gasteiger partial charge in [-0.05, 0) is 36.5 Å². The molecule has 0 radical (unpaired) electrons. The van der Waals surface area contributed by atoms with Crippen LogP contribution >= 0.6 is 23.2 Å². The van der Waals surface area contributed by atoms with Gasteiger partial charge in [-0.2, -0.15) is 4.98 Å². The molecule has 0 spiro atoms. The number of ether oxygens (including phenoxy) is 1. The van der Waals surface area contributed by atoms with Crippen molar-refractivity contribution in [2.24, 2.45) is 5.92 Å². The van der Waals surface area contributed by atoms with Crippen molar-refractivity contribution in [3.63, 3.8) is 0 Å². The molecule has 0 aliphatic heterocycles. The van der Waals surface area contributed by atoms with Gasteiger partial charge in [-0.3, -0.25) is 0 Å². The van der Waals surface area contributed by atoms with Crippen molar-refractivity contribution in [2.75, 3.05) is 12.4 Å². The Balaban J connectivity index is 1.63. The summed E-state index contributed by atoms with van der Waals surface area (Å²) in [7, 11) is 1.61. The van der Waals surface area contributed by atoms with Crippen LogP contribution in [0.1, 0.15) is 61.8 Å². The third kappa shape index (κ3) is 6.06. The molecule has 1 saturated carbocycles. The fraction of sp³-hybridized carbons (Fsp3) is 0.500. The van der Waals surface area contributed by atoms with Crippen LogP contribution in [0.25, 0.3) is 0 Å². The summed E-state index contributed by atoms with van der Waals surface area (Å²) >= 11 is 12.0. The Morgan fingerprint density at radius 1 is 1.17 bits per heavy atom. The van der Waals surface area contributed by atoms with E-state index in [0.29, 0.717) is 34.1 Å². The van der Waals surface area contributed by atoms with Crippen LogP contribution in [0, 0.1) is 11.3 Å². The van der Waals surface area contributed by atoms with E-state index in [1.165, 1.54) is 44.7 Å². The molecule has 1 fully saturated rings. The average molecular weight is 435 g/mol. The monoisotopic (exact) mass is 434 g/mol. The second-order valence-electron chi connectivity index (χ2n) is 7.56. The Morgan fingerprint density at radius 3 is 2.66 bits per heavy atom. The number of halogens is 2. The maximum atomic E-state index is 7.79. The van der Waals surface area contributed by atoms with Gasteiger partial charge in [-0.25, -0.2) is 4.98 Å². The summed E-state index contributed by atoms with van der Waals surface area (Å²) in [5.74, 6) is 1.88. The highest BCUT2D eigenvalue weighted by Crippen LogP contribution is 2.30. The number of rotatable bonds is 10. The minimum absolute atomic E-state index is 0.432. The lowest BCUT2D eigenvalue weighted by Gasteiger charge is -2.14. The van der Waals surface area contributed by atoms with Crippen LogP contribution < -0.4 is 10.1 Å². The van der Waals surface area contributed by atoms with Crippen LogP contribution in [0.2, 0.25) is 10.0 Å². The number of unbranched alkanes of at least 4 members (excludes halogenated alkanes) is 1. The Kier molecular flexibility index (Phi) is 8.13. The zero-order valence-electron chi connectivity index (χ0n) is 16.8. The summed E-state index contributed by atoms with van der Waals surface area (Å²) in [6, 6.07) is 5.47. The summed E-state index contributed by atoms with van der Waals surface area (Å²) in [6.07, 6.45) is 11.2. The van der Waals surface area contributed by atoms with E-state index in [2.05, 4.69) is 15.3 Å². The number of benzene rings is 1. The van der Waals surface area contributed by atoms with Crippen LogP contribution in [-0.4, -0.2) is 23.3 Å². The molecule has 29 heavy (non-hydrogen) atoms. The quantitative estimate of drug-likeness (QED) is 0.339. The maximum Gasteiger partial charge on any atom is 0.226 e.